The number of allylic oxidation sites excluding steroid dienone is 1. The van der Waals surface area contributed by atoms with Crippen molar-refractivity contribution in [1.29, 1.82) is 5.26 Å². The highest BCUT2D eigenvalue weighted by Gasteiger charge is 2.16. The lowest BCUT2D eigenvalue weighted by molar-refractivity contribution is -0.384. The first kappa shape index (κ1) is 16.8. The Morgan fingerprint density at radius 1 is 1.26 bits per heavy atom. The molecule has 0 saturated carbocycles. The van der Waals surface area contributed by atoms with Crippen LogP contribution in [-0.2, 0) is 0 Å². The van der Waals surface area contributed by atoms with Crippen molar-refractivity contribution in [2.24, 2.45) is 0 Å². The minimum atomic E-state index is -0.468. The van der Waals surface area contributed by atoms with Gasteiger partial charge in [-0.15, -0.1) is 11.3 Å². The highest BCUT2D eigenvalue weighted by atomic mass is 32.1. The molecule has 0 bridgehead atoms. The Hall–Kier alpha value is -3.70. The van der Waals surface area contributed by atoms with Crippen LogP contribution in [-0.4, -0.2) is 16.7 Å². The van der Waals surface area contributed by atoms with Gasteiger partial charge in [-0.2, -0.15) is 5.26 Å². The summed E-state index contributed by atoms with van der Waals surface area (Å²) in [5.41, 5.74) is 2.46. The van der Waals surface area contributed by atoms with E-state index in [9.17, 15) is 15.4 Å². The Labute approximate surface area is 157 Å². The molecule has 8 heteroatoms. The molecule has 0 fully saturated rings. The summed E-state index contributed by atoms with van der Waals surface area (Å²) < 4.78 is 10.7. The predicted octanol–water partition coefficient (Wildman–Crippen LogP) is 4.51. The van der Waals surface area contributed by atoms with Gasteiger partial charge in [-0.1, -0.05) is 12.1 Å². The van der Waals surface area contributed by atoms with E-state index in [1.165, 1.54) is 23.5 Å². The molecular formula is C19H11N3O4S. The summed E-state index contributed by atoms with van der Waals surface area (Å²) in [5, 5.41) is 22.8. The molecule has 0 radical (unpaired) electrons. The Bertz CT molecular complexity index is 1110. The number of hydrogen-bond acceptors (Lipinski definition) is 7. The number of nitro groups is 1. The number of fused-ring (bicyclic) bond motifs is 1. The van der Waals surface area contributed by atoms with E-state index < -0.39 is 4.92 Å². The van der Waals surface area contributed by atoms with Crippen LogP contribution < -0.4 is 9.47 Å². The number of thiazole rings is 1. The Kier molecular flexibility index (Phi) is 4.28. The molecule has 0 N–H and O–H groups in total. The Morgan fingerprint density at radius 2 is 2.11 bits per heavy atom. The van der Waals surface area contributed by atoms with E-state index >= 15 is 0 Å². The van der Waals surface area contributed by atoms with Crippen molar-refractivity contribution in [1.82, 2.24) is 4.98 Å². The van der Waals surface area contributed by atoms with Crippen molar-refractivity contribution in [3.63, 3.8) is 0 Å². The van der Waals surface area contributed by atoms with Crippen molar-refractivity contribution >= 4 is 28.7 Å². The number of benzene rings is 2. The van der Waals surface area contributed by atoms with Crippen LogP contribution in [0.2, 0.25) is 0 Å². The smallest absolute Gasteiger partial charge is 0.270 e. The SMILES string of the molecule is N#C/C(=C\c1cccc([N+](=O)[O-])c1)c1nc(-c2ccc3c(c2)OCO3)cs1. The summed E-state index contributed by atoms with van der Waals surface area (Å²) in [7, 11) is 0. The van der Waals surface area contributed by atoms with E-state index in [-0.39, 0.29) is 12.5 Å². The molecule has 0 atom stereocenters. The molecule has 0 amide bonds. The number of aromatic nitrogens is 1. The molecule has 0 spiro atoms. The first-order chi connectivity index (χ1) is 13.1. The van der Waals surface area contributed by atoms with E-state index in [1.54, 1.807) is 18.2 Å². The van der Waals surface area contributed by atoms with Gasteiger partial charge in [-0.25, -0.2) is 4.98 Å². The van der Waals surface area contributed by atoms with Gasteiger partial charge in [0.25, 0.3) is 5.69 Å². The number of rotatable bonds is 4. The van der Waals surface area contributed by atoms with Crippen LogP contribution in [0, 0.1) is 21.4 Å². The van der Waals surface area contributed by atoms with Crippen LogP contribution in [0.4, 0.5) is 5.69 Å². The Balaban J connectivity index is 1.66. The van der Waals surface area contributed by atoms with Gasteiger partial charge in [0.2, 0.25) is 6.79 Å². The zero-order valence-corrected chi connectivity index (χ0v) is 14.6. The van der Waals surface area contributed by atoms with Gasteiger partial charge in [0.1, 0.15) is 11.1 Å². The average molecular weight is 377 g/mol. The molecule has 0 unspecified atom stereocenters. The van der Waals surface area contributed by atoms with E-state index in [1.807, 2.05) is 23.6 Å². The third-order valence-electron chi connectivity index (χ3n) is 3.92. The molecule has 1 aliphatic rings. The lowest BCUT2D eigenvalue weighted by Crippen LogP contribution is -1.92. The van der Waals surface area contributed by atoms with Crippen LogP contribution in [0.1, 0.15) is 10.6 Å². The van der Waals surface area contributed by atoms with E-state index in [0.29, 0.717) is 33.3 Å². The number of ether oxygens (including phenoxy) is 2. The minimum absolute atomic E-state index is 0.0266. The van der Waals surface area contributed by atoms with Crippen molar-refractivity contribution < 1.29 is 14.4 Å². The van der Waals surface area contributed by atoms with Crippen molar-refractivity contribution in [2.75, 3.05) is 6.79 Å². The average Bonchev–Trinajstić information content (AvgIpc) is 3.35. The highest BCUT2D eigenvalue weighted by Crippen LogP contribution is 2.36. The lowest BCUT2D eigenvalue weighted by Gasteiger charge is -1.99. The molecular weight excluding hydrogens is 366 g/mol. The van der Waals surface area contributed by atoms with Crippen molar-refractivity contribution in [3.8, 4) is 28.8 Å². The molecule has 1 aromatic heterocycles. The normalized spacial score (nSPS) is 12.6. The summed E-state index contributed by atoms with van der Waals surface area (Å²) in [5.74, 6) is 1.35. The molecule has 0 saturated heterocycles. The maximum atomic E-state index is 10.9. The standard InChI is InChI=1S/C19H11N3O4S/c20-9-14(6-12-2-1-3-15(7-12)22(23)24)19-21-16(10-27-19)13-4-5-17-18(8-13)26-11-25-17/h1-8,10H,11H2/b14-6+. The third kappa shape index (κ3) is 3.36. The second-order valence-corrected chi connectivity index (χ2v) is 6.49. The fraction of sp³-hybridized carbons (Fsp3) is 0.0526. The topological polar surface area (TPSA) is 98.3 Å². The molecule has 1 aliphatic heterocycles. The van der Waals surface area contributed by atoms with Crippen molar-refractivity contribution in [2.45, 2.75) is 0 Å². The van der Waals surface area contributed by atoms with Crippen LogP contribution in [0.5, 0.6) is 11.5 Å². The zero-order valence-electron chi connectivity index (χ0n) is 13.8. The first-order valence-corrected chi connectivity index (χ1v) is 8.74. The van der Waals surface area contributed by atoms with E-state index in [2.05, 4.69) is 11.1 Å². The quantitative estimate of drug-likeness (QED) is 0.377. The summed E-state index contributed by atoms with van der Waals surface area (Å²) in [6, 6.07) is 13.8. The molecule has 2 heterocycles. The fourth-order valence-corrected chi connectivity index (χ4v) is 3.42. The van der Waals surface area contributed by atoms with Crippen LogP contribution in [0.25, 0.3) is 22.9 Å². The molecule has 27 heavy (non-hydrogen) atoms. The maximum Gasteiger partial charge on any atom is 0.270 e. The van der Waals surface area contributed by atoms with E-state index in [0.717, 1.165) is 5.56 Å². The summed E-state index contributed by atoms with van der Waals surface area (Å²) >= 11 is 1.33. The number of nitro benzene ring substituents is 1. The summed E-state index contributed by atoms with van der Waals surface area (Å²) in [6.07, 6.45) is 1.59. The third-order valence-corrected chi connectivity index (χ3v) is 4.79. The monoisotopic (exact) mass is 377 g/mol. The van der Waals surface area contributed by atoms with E-state index in [4.69, 9.17) is 9.47 Å². The summed E-state index contributed by atoms with van der Waals surface area (Å²) in [4.78, 5) is 15.0. The van der Waals surface area contributed by atoms with Gasteiger partial charge >= 0.3 is 0 Å². The number of nitriles is 1. The fourth-order valence-electron chi connectivity index (χ4n) is 2.62. The van der Waals surface area contributed by atoms with Gasteiger partial charge in [0, 0.05) is 23.1 Å². The van der Waals surface area contributed by atoms with Gasteiger partial charge < -0.3 is 9.47 Å². The molecule has 4 rings (SSSR count). The highest BCUT2D eigenvalue weighted by molar-refractivity contribution is 7.11. The maximum absolute atomic E-state index is 10.9. The number of nitrogens with zero attached hydrogens (tertiary/aromatic N) is 3. The van der Waals surface area contributed by atoms with Gasteiger partial charge in [-0.3, -0.25) is 10.1 Å². The van der Waals surface area contributed by atoms with Gasteiger partial charge in [0.15, 0.2) is 11.5 Å². The molecule has 2 aromatic carbocycles. The van der Waals surface area contributed by atoms with Crippen LogP contribution in [0.3, 0.4) is 0 Å². The minimum Gasteiger partial charge on any atom is -0.454 e. The van der Waals surface area contributed by atoms with Crippen LogP contribution >= 0.6 is 11.3 Å². The molecule has 132 valence electrons. The predicted molar refractivity (Wildman–Crippen MR) is 100 cm³/mol. The number of hydrogen-bond donors (Lipinski definition) is 0. The first-order valence-electron chi connectivity index (χ1n) is 7.86. The largest absolute Gasteiger partial charge is 0.454 e. The van der Waals surface area contributed by atoms with Crippen LogP contribution in [0.15, 0.2) is 47.8 Å². The zero-order chi connectivity index (χ0) is 18.8. The van der Waals surface area contributed by atoms with Gasteiger partial charge in [0.05, 0.1) is 16.2 Å². The second kappa shape index (κ2) is 6.90. The molecule has 7 nitrogen and oxygen atoms in total. The summed E-state index contributed by atoms with van der Waals surface area (Å²) in [6.45, 7) is 0.200. The number of non-ortho nitro benzene ring substituents is 1. The van der Waals surface area contributed by atoms with Gasteiger partial charge in [-0.05, 0) is 29.8 Å². The lowest BCUT2D eigenvalue weighted by atomic mass is 10.1. The van der Waals surface area contributed by atoms with Crippen molar-refractivity contribution in [3.05, 3.63) is 68.5 Å². The Morgan fingerprint density at radius 3 is 2.93 bits per heavy atom. The molecule has 0 aliphatic carbocycles. The second-order valence-electron chi connectivity index (χ2n) is 5.63. The molecule has 3 aromatic rings.